The number of nitrogens with one attached hydrogen (secondary N) is 1. The largest absolute Gasteiger partial charge is 0.468 e. The van der Waals surface area contributed by atoms with Gasteiger partial charge < -0.3 is 10.1 Å². The highest BCUT2D eigenvalue weighted by Crippen LogP contribution is 2.18. The number of methoxy groups -OCH3 is 1. The van der Waals surface area contributed by atoms with Crippen LogP contribution in [0.1, 0.15) is 12.8 Å². The molecule has 120 valence electrons. The van der Waals surface area contributed by atoms with Crippen molar-refractivity contribution in [3.63, 3.8) is 0 Å². The maximum Gasteiger partial charge on any atom is 0.319 e. The van der Waals surface area contributed by atoms with Crippen LogP contribution in [-0.2, 0) is 9.53 Å². The molecule has 1 aromatic heterocycles. The summed E-state index contributed by atoms with van der Waals surface area (Å²) in [7, 11) is 1.39. The highest BCUT2D eigenvalue weighted by atomic mass is 16.6. The Morgan fingerprint density at radius 2 is 2.41 bits per heavy atom. The summed E-state index contributed by atoms with van der Waals surface area (Å²) in [6.45, 7) is 2.78. The fraction of sp³-hybridized carbons (Fsp3) is 0.571. The molecule has 1 saturated heterocycles. The van der Waals surface area contributed by atoms with E-state index < -0.39 is 4.92 Å². The molecule has 22 heavy (non-hydrogen) atoms. The molecule has 0 saturated carbocycles. The number of hydrogen-bond acceptors (Lipinski definition) is 7. The average molecular weight is 308 g/mol. The summed E-state index contributed by atoms with van der Waals surface area (Å²) in [5, 5.41) is 13.8. The Kier molecular flexibility index (Phi) is 5.65. The molecular formula is C14H20N4O4. The maximum absolute atomic E-state index is 11.3. The van der Waals surface area contributed by atoms with Crippen molar-refractivity contribution in [2.75, 3.05) is 38.6 Å². The quantitative estimate of drug-likeness (QED) is 0.480. The van der Waals surface area contributed by atoms with Crippen LogP contribution < -0.4 is 5.32 Å². The Bertz CT molecular complexity index is 520. The van der Waals surface area contributed by atoms with Crippen LogP contribution in [0.4, 0.5) is 11.5 Å². The second-order valence-corrected chi connectivity index (χ2v) is 5.36. The third-order valence-corrected chi connectivity index (χ3v) is 3.71. The van der Waals surface area contributed by atoms with Crippen LogP contribution in [0.5, 0.6) is 0 Å². The Morgan fingerprint density at radius 1 is 1.59 bits per heavy atom. The molecule has 0 spiro atoms. The van der Waals surface area contributed by atoms with Crippen LogP contribution in [0.2, 0.25) is 0 Å². The van der Waals surface area contributed by atoms with Gasteiger partial charge in [-0.3, -0.25) is 19.8 Å². The Hall–Kier alpha value is -2.22. The van der Waals surface area contributed by atoms with Crippen LogP contribution in [-0.4, -0.2) is 54.1 Å². The molecular weight excluding hydrogens is 288 g/mol. The first-order valence-electron chi connectivity index (χ1n) is 7.22. The highest BCUT2D eigenvalue weighted by Gasteiger charge is 2.21. The number of pyridine rings is 1. The van der Waals surface area contributed by atoms with E-state index in [0.29, 0.717) is 18.3 Å². The first-order valence-corrected chi connectivity index (χ1v) is 7.22. The van der Waals surface area contributed by atoms with Gasteiger partial charge in [-0.25, -0.2) is 4.98 Å². The van der Waals surface area contributed by atoms with Crippen molar-refractivity contribution in [3.8, 4) is 0 Å². The van der Waals surface area contributed by atoms with Crippen molar-refractivity contribution in [2.45, 2.75) is 12.8 Å². The van der Waals surface area contributed by atoms with Gasteiger partial charge in [-0.15, -0.1) is 0 Å². The lowest BCUT2D eigenvalue weighted by molar-refractivity contribution is -0.385. The smallest absolute Gasteiger partial charge is 0.319 e. The number of ether oxygens (including phenoxy) is 1. The number of likely N-dealkylation sites (tertiary alicyclic amines) is 1. The molecule has 0 radical (unpaired) electrons. The summed E-state index contributed by atoms with van der Waals surface area (Å²) in [5.74, 6) is 0.816. The van der Waals surface area contributed by atoms with Crippen molar-refractivity contribution in [1.29, 1.82) is 0 Å². The molecule has 2 heterocycles. The fourth-order valence-electron chi connectivity index (χ4n) is 2.56. The van der Waals surface area contributed by atoms with E-state index in [9.17, 15) is 14.9 Å². The summed E-state index contributed by atoms with van der Waals surface area (Å²) in [5.41, 5.74) is -0.0209. The van der Waals surface area contributed by atoms with Crippen LogP contribution in [0, 0.1) is 16.0 Å². The monoisotopic (exact) mass is 308 g/mol. The normalized spacial score (nSPS) is 18.7. The lowest BCUT2D eigenvalue weighted by atomic mass is 9.98. The first-order chi connectivity index (χ1) is 10.6. The number of esters is 1. The second-order valence-electron chi connectivity index (χ2n) is 5.36. The molecule has 1 aliphatic rings. The van der Waals surface area contributed by atoms with E-state index in [1.165, 1.54) is 19.4 Å². The first kappa shape index (κ1) is 16.2. The molecule has 8 nitrogen and oxygen atoms in total. The van der Waals surface area contributed by atoms with Gasteiger partial charge in [-0.05, 0) is 31.4 Å². The topological polar surface area (TPSA) is 97.6 Å². The van der Waals surface area contributed by atoms with Crippen LogP contribution in [0.3, 0.4) is 0 Å². The van der Waals surface area contributed by atoms with Gasteiger partial charge in [0.15, 0.2) is 0 Å². The van der Waals surface area contributed by atoms with Crippen molar-refractivity contribution < 1.29 is 14.5 Å². The lowest BCUT2D eigenvalue weighted by Crippen LogP contribution is -2.41. The number of carbonyl (C=O) groups is 1. The van der Waals surface area contributed by atoms with Crippen molar-refractivity contribution in [3.05, 3.63) is 28.4 Å². The number of anilines is 1. The molecule has 2 rings (SSSR count). The third-order valence-electron chi connectivity index (χ3n) is 3.71. The zero-order valence-electron chi connectivity index (χ0n) is 12.5. The lowest BCUT2D eigenvalue weighted by Gasteiger charge is -2.31. The summed E-state index contributed by atoms with van der Waals surface area (Å²) < 4.78 is 4.69. The standard InChI is InChI=1S/C14H20N4O4/c1-22-14(19)10-17-6-2-3-11(9-17)7-15-13-5-4-12(8-16-13)18(20)21/h4-5,8,11H,2-3,6-7,9-10H2,1H3,(H,15,16)/t11-/m1/s1. The van der Waals surface area contributed by atoms with E-state index in [4.69, 9.17) is 0 Å². The van der Waals surface area contributed by atoms with E-state index in [1.54, 1.807) is 6.07 Å². The van der Waals surface area contributed by atoms with Gasteiger partial charge in [0.2, 0.25) is 0 Å². The number of piperidine rings is 1. The minimum Gasteiger partial charge on any atom is -0.468 e. The van der Waals surface area contributed by atoms with Gasteiger partial charge in [0.1, 0.15) is 12.0 Å². The minimum absolute atomic E-state index is 0.0209. The predicted octanol–water partition coefficient (Wildman–Crippen LogP) is 1.29. The SMILES string of the molecule is COC(=O)CN1CCC[C@H](CNc2ccc([N+](=O)[O-])cn2)C1. The fourth-order valence-corrected chi connectivity index (χ4v) is 2.56. The highest BCUT2D eigenvalue weighted by molar-refractivity contribution is 5.71. The Morgan fingerprint density at radius 3 is 3.05 bits per heavy atom. The van der Waals surface area contributed by atoms with Gasteiger partial charge in [0.25, 0.3) is 5.69 Å². The zero-order chi connectivity index (χ0) is 15.9. The molecule has 1 N–H and O–H groups in total. The van der Waals surface area contributed by atoms with Gasteiger partial charge >= 0.3 is 5.97 Å². The molecule has 1 fully saturated rings. The number of rotatable bonds is 6. The molecule has 1 aliphatic heterocycles. The average Bonchev–Trinajstić information content (AvgIpc) is 2.53. The van der Waals surface area contributed by atoms with E-state index >= 15 is 0 Å². The van der Waals surface area contributed by atoms with Crippen LogP contribution >= 0.6 is 0 Å². The molecule has 0 aromatic carbocycles. The Balaban J connectivity index is 1.80. The molecule has 1 atom stereocenters. The van der Waals surface area contributed by atoms with E-state index in [0.717, 1.165) is 32.5 Å². The summed E-state index contributed by atoms with van der Waals surface area (Å²) in [6, 6.07) is 3.03. The molecule has 0 aliphatic carbocycles. The maximum atomic E-state index is 11.3. The van der Waals surface area contributed by atoms with Crippen LogP contribution in [0.15, 0.2) is 18.3 Å². The van der Waals surface area contributed by atoms with E-state index in [-0.39, 0.29) is 11.7 Å². The predicted molar refractivity (Wildman–Crippen MR) is 80.6 cm³/mol. The van der Waals surface area contributed by atoms with Gasteiger partial charge in [-0.2, -0.15) is 0 Å². The van der Waals surface area contributed by atoms with Gasteiger partial charge in [0, 0.05) is 19.2 Å². The summed E-state index contributed by atoms with van der Waals surface area (Å²) in [4.78, 5) is 27.5. The Labute approximate surface area is 128 Å². The third kappa shape index (κ3) is 4.66. The molecule has 0 bridgehead atoms. The van der Waals surface area contributed by atoms with Crippen LogP contribution in [0.25, 0.3) is 0 Å². The number of aromatic nitrogens is 1. The number of carbonyl (C=O) groups excluding carboxylic acids is 1. The van der Waals surface area contributed by atoms with Crippen molar-refractivity contribution >= 4 is 17.5 Å². The zero-order valence-corrected chi connectivity index (χ0v) is 12.5. The van der Waals surface area contributed by atoms with Gasteiger partial charge in [0.05, 0.1) is 18.6 Å². The molecule has 1 aromatic rings. The number of nitrogens with zero attached hydrogens (tertiary/aromatic N) is 3. The molecule has 0 unspecified atom stereocenters. The summed E-state index contributed by atoms with van der Waals surface area (Å²) in [6.07, 6.45) is 3.36. The second kappa shape index (κ2) is 7.69. The minimum atomic E-state index is -0.470. The van der Waals surface area contributed by atoms with E-state index in [1.807, 2.05) is 0 Å². The van der Waals surface area contributed by atoms with Gasteiger partial charge in [-0.1, -0.05) is 0 Å². The molecule has 8 heteroatoms. The van der Waals surface area contributed by atoms with Crippen molar-refractivity contribution in [2.24, 2.45) is 5.92 Å². The molecule has 0 amide bonds. The van der Waals surface area contributed by atoms with Crippen molar-refractivity contribution in [1.82, 2.24) is 9.88 Å². The summed E-state index contributed by atoms with van der Waals surface area (Å²) >= 11 is 0. The number of hydrogen-bond donors (Lipinski definition) is 1. The number of nitro groups is 1. The van der Waals surface area contributed by atoms with E-state index in [2.05, 4.69) is 19.9 Å².